The SMILES string of the molecule is CC[C@H](C(=O)NC1CCCCC1)N(Cc1ccc(OC)cc1)C(=O)CN(c1ccc(F)c(Cl)c1)S(C)(=O)=O. The fraction of sp³-hybridized carbons (Fsp3) is 0.481. The molecule has 1 aliphatic carbocycles. The number of hydrogen-bond acceptors (Lipinski definition) is 5. The first-order valence-electron chi connectivity index (χ1n) is 12.7. The van der Waals surface area contributed by atoms with Crippen molar-refractivity contribution in [3.63, 3.8) is 0 Å². The van der Waals surface area contributed by atoms with Gasteiger partial charge >= 0.3 is 0 Å². The van der Waals surface area contributed by atoms with Crippen molar-refractivity contribution in [3.8, 4) is 5.75 Å². The quantitative estimate of drug-likeness (QED) is 0.431. The second-order valence-electron chi connectivity index (χ2n) is 9.51. The Bertz CT molecular complexity index is 1220. The first kappa shape index (κ1) is 29.7. The molecule has 1 atom stereocenters. The molecule has 0 saturated heterocycles. The van der Waals surface area contributed by atoms with Crippen molar-refractivity contribution in [2.75, 3.05) is 24.2 Å². The molecule has 8 nitrogen and oxygen atoms in total. The van der Waals surface area contributed by atoms with Crippen molar-refractivity contribution >= 4 is 39.1 Å². The summed E-state index contributed by atoms with van der Waals surface area (Å²) in [6, 6.07) is 9.78. The van der Waals surface area contributed by atoms with Crippen LogP contribution in [0.1, 0.15) is 51.0 Å². The number of carbonyl (C=O) groups is 2. The predicted octanol–water partition coefficient (Wildman–Crippen LogP) is 4.51. The fourth-order valence-corrected chi connectivity index (χ4v) is 5.66. The molecule has 1 fully saturated rings. The van der Waals surface area contributed by atoms with Gasteiger partial charge in [0.05, 0.1) is 24.1 Å². The normalized spacial score (nSPS) is 15.0. The molecule has 0 radical (unpaired) electrons. The van der Waals surface area contributed by atoms with Crippen LogP contribution in [0.4, 0.5) is 10.1 Å². The van der Waals surface area contributed by atoms with Gasteiger partial charge in [-0.15, -0.1) is 0 Å². The molecule has 0 aliphatic heterocycles. The van der Waals surface area contributed by atoms with Crippen LogP contribution in [0.15, 0.2) is 42.5 Å². The molecule has 11 heteroatoms. The van der Waals surface area contributed by atoms with E-state index in [2.05, 4.69) is 5.32 Å². The smallest absolute Gasteiger partial charge is 0.244 e. The highest BCUT2D eigenvalue weighted by atomic mass is 35.5. The first-order chi connectivity index (χ1) is 18.0. The molecular formula is C27H35ClFN3O5S. The van der Waals surface area contributed by atoms with E-state index in [9.17, 15) is 22.4 Å². The molecule has 38 heavy (non-hydrogen) atoms. The lowest BCUT2D eigenvalue weighted by molar-refractivity contribution is -0.140. The average Bonchev–Trinajstić information content (AvgIpc) is 2.89. The average molecular weight is 568 g/mol. The molecule has 0 bridgehead atoms. The van der Waals surface area contributed by atoms with E-state index < -0.39 is 34.3 Å². The highest BCUT2D eigenvalue weighted by Gasteiger charge is 2.33. The third kappa shape index (κ3) is 7.83. The molecule has 0 aromatic heterocycles. The number of methoxy groups -OCH3 is 1. The molecule has 2 aromatic rings. The van der Waals surface area contributed by atoms with Gasteiger partial charge in [-0.05, 0) is 55.2 Å². The van der Waals surface area contributed by atoms with Crippen molar-refractivity contribution in [1.29, 1.82) is 0 Å². The topological polar surface area (TPSA) is 96.0 Å². The Kier molecular flexibility index (Phi) is 10.4. The van der Waals surface area contributed by atoms with Crippen LogP contribution < -0.4 is 14.4 Å². The van der Waals surface area contributed by atoms with E-state index in [1.165, 1.54) is 11.0 Å². The molecule has 3 rings (SSSR count). The summed E-state index contributed by atoms with van der Waals surface area (Å²) in [5.74, 6) is -0.902. The minimum atomic E-state index is -3.95. The van der Waals surface area contributed by atoms with Crippen molar-refractivity contribution in [1.82, 2.24) is 10.2 Å². The minimum absolute atomic E-state index is 0.0522. The lowest BCUT2D eigenvalue weighted by Gasteiger charge is -2.34. The van der Waals surface area contributed by atoms with Gasteiger partial charge in [0.25, 0.3) is 0 Å². The van der Waals surface area contributed by atoms with Gasteiger partial charge in [-0.1, -0.05) is 49.9 Å². The van der Waals surface area contributed by atoms with Crippen molar-refractivity contribution in [2.45, 2.75) is 64.1 Å². The van der Waals surface area contributed by atoms with E-state index >= 15 is 0 Å². The lowest BCUT2D eigenvalue weighted by Crippen LogP contribution is -2.53. The molecule has 2 amide bonds. The maximum Gasteiger partial charge on any atom is 0.244 e. The number of amides is 2. The Labute approximate surface area is 229 Å². The maximum absolute atomic E-state index is 13.8. The number of ether oxygens (including phenoxy) is 1. The predicted molar refractivity (Wildman–Crippen MR) is 146 cm³/mol. The van der Waals surface area contributed by atoms with Crippen LogP contribution in [-0.4, -0.2) is 57.1 Å². The zero-order chi connectivity index (χ0) is 27.9. The first-order valence-corrected chi connectivity index (χ1v) is 14.9. The lowest BCUT2D eigenvalue weighted by atomic mass is 9.95. The van der Waals surface area contributed by atoms with E-state index in [4.69, 9.17) is 16.3 Å². The van der Waals surface area contributed by atoms with Crippen LogP contribution in [0.2, 0.25) is 5.02 Å². The van der Waals surface area contributed by atoms with Crippen LogP contribution in [0, 0.1) is 5.82 Å². The fourth-order valence-electron chi connectivity index (χ4n) is 4.65. The zero-order valence-electron chi connectivity index (χ0n) is 22.0. The molecule has 1 aliphatic rings. The number of rotatable bonds is 11. The highest BCUT2D eigenvalue weighted by molar-refractivity contribution is 7.92. The number of halogens is 2. The molecule has 0 spiro atoms. The molecule has 2 aromatic carbocycles. The number of benzene rings is 2. The summed E-state index contributed by atoms with van der Waals surface area (Å²) < 4.78 is 45.2. The summed E-state index contributed by atoms with van der Waals surface area (Å²) >= 11 is 5.89. The Morgan fingerprint density at radius 3 is 2.34 bits per heavy atom. The van der Waals surface area contributed by atoms with Crippen LogP contribution in [0.5, 0.6) is 5.75 Å². The summed E-state index contributed by atoms with van der Waals surface area (Å²) in [7, 11) is -2.40. The third-order valence-electron chi connectivity index (χ3n) is 6.72. The van der Waals surface area contributed by atoms with Crippen molar-refractivity contribution in [2.24, 2.45) is 0 Å². The van der Waals surface area contributed by atoms with E-state index in [1.54, 1.807) is 31.4 Å². The summed E-state index contributed by atoms with van der Waals surface area (Å²) in [5, 5.41) is 2.83. The Morgan fingerprint density at radius 2 is 1.79 bits per heavy atom. The number of nitrogens with one attached hydrogen (secondary N) is 1. The molecular weight excluding hydrogens is 533 g/mol. The van der Waals surface area contributed by atoms with Crippen LogP contribution in [0.3, 0.4) is 0 Å². The molecule has 0 unspecified atom stereocenters. The van der Waals surface area contributed by atoms with Gasteiger partial charge < -0.3 is 15.0 Å². The molecule has 0 heterocycles. The standard InChI is InChI=1S/C27H35ClFN3O5S/c1-4-25(27(34)30-20-8-6-5-7-9-20)31(17-19-10-13-22(37-2)14-11-19)26(33)18-32(38(3,35)36)21-12-15-24(29)23(28)16-21/h10-16,20,25H,4-9,17-18H2,1-3H3,(H,30,34)/t25-/m1/s1. The number of sulfonamides is 1. The van der Waals surface area contributed by atoms with Crippen LogP contribution in [0.25, 0.3) is 0 Å². The third-order valence-corrected chi connectivity index (χ3v) is 8.15. The van der Waals surface area contributed by atoms with Gasteiger partial charge in [0.2, 0.25) is 21.8 Å². The van der Waals surface area contributed by atoms with E-state index in [-0.39, 0.29) is 29.2 Å². The maximum atomic E-state index is 13.8. The van der Waals surface area contributed by atoms with Crippen LogP contribution >= 0.6 is 11.6 Å². The second kappa shape index (κ2) is 13.3. The molecule has 1 N–H and O–H groups in total. The van der Waals surface area contributed by atoms with Crippen LogP contribution in [-0.2, 0) is 26.2 Å². The van der Waals surface area contributed by atoms with Gasteiger partial charge in [-0.2, -0.15) is 0 Å². The number of anilines is 1. The minimum Gasteiger partial charge on any atom is -0.497 e. The zero-order valence-corrected chi connectivity index (χ0v) is 23.5. The summed E-state index contributed by atoms with van der Waals surface area (Å²) in [6.07, 6.45) is 6.30. The van der Waals surface area contributed by atoms with Gasteiger partial charge in [-0.25, -0.2) is 12.8 Å². The highest BCUT2D eigenvalue weighted by Crippen LogP contribution is 2.25. The molecule has 208 valence electrons. The van der Waals surface area contributed by atoms with E-state index in [0.717, 1.165) is 60.4 Å². The van der Waals surface area contributed by atoms with E-state index in [1.807, 2.05) is 6.92 Å². The van der Waals surface area contributed by atoms with Crippen molar-refractivity contribution in [3.05, 3.63) is 58.9 Å². The Hall–Kier alpha value is -2.85. The number of hydrogen-bond donors (Lipinski definition) is 1. The van der Waals surface area contributed by atoms with E-state index in [0.29, 0.717) is 12.2 Å². The monoisotopic (exact) mass is 567 g/mol. The van der Waals surface area contributed by atoms with Gasteiger partial charge in [0.1, 0.15) is 24.2 Å². The molecule has 1 saturated carbocycles. The summed E-state index contributed by atoms with van der Waals surface area (Å²) in [6.45, 7) is 1.32. The van der Waals surface area contributed by atoms with Gasteiger partial charge in [-0.3, -0.25) is 13.9 Å². The largest absolute Gasteiger partial charge is 0.497 e. The Morgan fingerprint density at radius 1 is 1.13 bits per heavy atom. The summed E-state index contributed by atoms with van der Waals surface area (Å²) in [4.78, 5) is 28.6. The van der Waals surface area contributed by atoms with Crippen molar-refractivity contribution < 1.29 is 27.1 Å². The number of nitrogens with zero attached hydrogens (tertiary/aromatic N) is 2. The van der Waals surface area contributed by atoms with Gasteiger partial charge in [0.15, 0.2) is 0 Å². The van der Waals surface area contributed by atoms with Gasteiger partial charge in [0, 0.05) is 12.6 Å². The Balaban J connectivity index is 1.92. The summed E-state index contributed by atoms with van der Waals surface area (Å²) in [5.41, 5.74) is 0.801. The number of carbonyl (C=O) groups excluding carboxylic acids is 2. The second-order valence-corrected chi connectivity index (χ2v) is 11.8.